The standard InChI is InChI=1S/C12H12ClFN2O/c1-6(2)10-11(17-12(15)16-10)7-3-4-9(14)8(13)5-7/h3-6H,1-2H3,(H2,15,16). The molecule has 17 heavy (non-hydrogen) atoms. The quantitative estimate of drug-likeness (QED) is 0.886. The van der Waals surface area contributed by atoms with Crippen LogP contribution in [-0.4, -0.2) is 4.98 Å². The van der Waals surface area contributed by atoms with Crippen molar-refractivity contribution >= 4 is 17.6 Å². The number of nitrogen functional groups attached to an aromatic ring is 1. The van der Waals surface area contributed by atoms with Gasteiger partial charge in [-0.3, -0.25) is 0 Å². The van der Waals surface area contributed by atoms with Crippen molar-refractivity contribution in [1.29, 1.82) is 0 Å². The zero-order valence-corrected chi connectivity index (χ0v) is 10.3. The highest BCUT2D eigenvalue weighted by molar-refractivity contribution is 6.31. The molecule has 0 aliphatic rings. The summed E-state index contributed by atoms with van der Waals surface area (Å²) in [6, 6.07) is 4.49. The molecule has 2 aromatic rings. The van der Waals surface area contributed by atoms with Gasteiger partial charge in [0.2, 0.25) is 0 Å². The number of hydrogen-bond acceptors (Lipinski definition) is 3. The van der Waals surface area contributed by atoms with Crippen LogP contribution in [0.15, 0.2) is 22.6 Å². The molecule has 3 nitrogen and oxygen atoms in total. The highest BCUT2D eigenvalue weighted by atomic mass is 35.5. The zero-order chi connectivity index (χ0) is 12.6. The van der Waals surface area contributed by atoms with Gasteiger partial charge in [0, 0.05) is 5.56 Å². The predicted octanol–water partition coefficient (Wildman–Crippen LogP) is 3.84. The molecule has 0 aliphatic heterocycles. The van der Waals surface area contributed by atoms with E-state index >= 15 is 0 Å². The number of rotatable bonds is 2. The van der Waals surface area contributed by atoms with Crippen LogP contribution in [0.2, 0.25) is 5.02 Å². The molecule has 2 N–H and O–H groups in total. The fraction of sp³-hybridized carbons (Fsp3) is 0.250. The molecule has 1 aromatic carbocycles. The van der Waals surface area contributed by atoms with E-state index in [-0.39, 0.29) is 17.0 Å². The van der Waals surface area contributed by atoms with Crippen LogP contribution < -0.4 is 5.73 Å². The lowest BCUT2D eigenvalue weighted by Gasteiger charge is -2.04. The Morgan fingerprint density at radius 1 is 1.41 bits per heavy atom. The number of nitrogens with two attached hydrogens (primary N) is 1. The Labute approximate surface area is 103 Å². The maximum absolute atomic E-state index is 13.1. The number of aromatic nitrogens is 1. The van der Waals surface area contributed by atoms with Crippen LogP contribution in [0.3, 0.4) is 0 Å². The molecule has 0 bridgehead atoms. The summed E-state index contributed by atoms with van der Waals surface area (Å²) in [5.74, 6) is 0.239. The van der Waals surface area contributed by atoms with E-state index in [1.807, 2.05) is 13.8 Å². The third-order valence-electron chi connectivity index (χ3n) is 2.40. The molecule has 2 rings (SSSR count). The number of oxazole rings is 1. The summed E-state index contributed by atoms with van der Waals surface area (Å²) >= 11 is 5.73. The predicted molar refractivity (Wildman–Crippen MR) is 65.4 cm³/mol. The van der Waals surface area contributed by atoms with Crippen molar-refractivity contribution in [3.63, 3.8) is 0 Å². The van der Waals surface area contributed by atoms with E-state index in [4.69, 9.17) is 21.8 Å². The maximum Gasteiger partial charge on any atom is 0.292 e. The van der Waals surface area contributed by atoms with E-state index in [1.165, 1.54) is 12.1 Å². The van der Waals surface area contributed by atoms with Gasteiger partial charge in [-0.2, -0.15) is 4.98 Å². The Bertz CT molecular complexity index is 551. The Hall–Kier alpha value is -1.55. The van der Waals surface area contributed by atoms with Gasteiger partial charge in [-0.15, -0.1) is 0 Å². The van der Waals surface area contributed by atoms with Crippen molar-refractivity contribution in [2.24, 2.45) is 0 Å². The van der Waals surface area contributed by atoms with Gasteiger partial charge in [-0.05, 0) is 24.1 Å². The highest BCUT2D eigenvalue weighted by Gasteiger charge is 2.17. The summed E-state index contributed by atoms with van der Waals surface area (Å²) in [4.78, 5) is 4.11. The topological polar surface area (TPSA) is 52.0 Å². The Kier molecular flexibility index (Phi) is 3.07. The first-order chi connectivity index (χ1) is 7.99. The van der Waals surface area contributed by atoms with E-state index in [0.29, 0.717) is 11.3 Å². The van der Waals surface area contributed by atoms with E-state index in [1.54, 1.807) is 6.07 Å². The molecule has 0 fully saturated rings. The van der Waals surface area contributed by atoms with Crippen molar-refractivity contribution in [2.45, 2.75) is 19.8 Å². The lowest BCUT2D eigenvalue weighted by molar-refractivity contribution is 0.591. The second-order valence-corrected chi connectivity index (χ2v) is 4.46. The van der Waals surface area contributed by atoms with Crippen molar-refractivity contribution in [3.8, 4) is 11.3 Å². The molecule has 5 heteroatoms. The van der Waals surface area contributed by atoms with E-state index in [0.717, 1.165) is 5.69 Å². The summed E-state index contributed by atoms with van der Waals surface area (Å²) < 4.78 is 18.4. The van der Waals surface area contributed by atoms with Crippen LogP contribution in [0.4, 0.5) is 10.4 Å². The van der Waals surface area contributed by atoms with Gasteiger partial charge in [-0.1, -0.05) is 25.4 Å². The number of benzene rings is 1. The monoisotopic (exact) mass is 254 g/mol. The normalized spacial score (nSPS) is 11.1. The van der Waals surface area contributed by atoms with E-state index < -0.39 is 5.82 Å². The lowest BCUT2D eigenvalue weighted by atomic mass is 10.0. The summed E-state index contributed by atoms with van der Waals surface area (Å²) in [7, 11) is 0. The van der Waals surface area contributed by atoms with Crippen LogP contribution in [0.25, 0.3) is 11.3 Å². The van der Waals surface area contributed by atoms with Gasteiger partial charge in [0.25, 0.3) is 6.01 Å². The highest BCUT2D eigenvalue weighted by Crippen LogP contribution is 2.32. The largest absolute Gasteiger partial charge is 0.423 e. The van der Waals surface area contributed by atoms with Crippen molar-refractivity contribution in [1.82, 2.24) is 4.98 Å². The molecule has 1 aromatic heterocycles. The van der Waals surface area contributed by atoms with E-state index in [9.17, 15) is 4.39 Å². The van der Waals surface area contributed by atoms with E-state index in [2.05, 4.69) is 4.98 Å². The summed E-state index contributed by atoms with van der Waals surface area (Å²) in [5.41, 5.74) is 6.95. The van der Waals surface area contributed by atoms with Crippen LogP contribution in [-0.2, 0) is 0 Å². The minimum atomic E-state index is -0.464. The van der Waals surface area contributed by atoms with Crippen LogP contribution in [0.5, 0.6) is 0 Å². The first-order valence-electron chi connectivity index (χ1n) is 5.20. The SMILES string of the molecule is CC(C)c1nc(N)oc1-c1ccc(F)c(Cl)c1. The minimum absolute atomic E-state index is 0.0483. The second kappa shape index (κ2) is 4.37. The second-order valence-electron chi connectivity index (χ2n) is 4.05. The third kappa shape index (κ3) is 2.26. The van der Waals surface area contributed by atoms with Gasteiger partial charge in [0.15, 0.2) is 5.76 Å². The van der Waals surface area contributed by atoms with Gasteiger partial charge in [-0.25, -0.2) is 4.39 Å². The number of nitrogens with zero attached hydrogens (tertiary/aromatic N) is 1. The Morgan fingerprint density at radius 3 is 2.71 bits per heavy atom. The summed E-state index contributed by atoms with van der Waals surface area (Å²) in [6.07, 6.45) is 0. The Morgan fingerprint density at radius 2 is 2.12 bits per heavy atom. The first kappa shape index (κ1) is 11.9. The average Bonchev–Trinajstić information content (AvgIpc) is 2.64. The lowest BCUT2D eigenvalue weighted by Crippen LogP contribution is -1.92. The van der Waals surface area contributed by atoms with Crippen molar-refractivity contribution in [2.75, 3.05) is 5.73 Å². The van der Waals surface area contributed by atoms with Crippen LogP contribution >= 0.6 is 11.6 Å². The molecule has 0 saturated carbocycles. The molecule has 0 spiro atoms. The molecular formula is C12H12ClFN2O. The maximum atomic E-state index is 13.1. The fourth-order valence-electron chi connectivity index (χ4n) is 1.58. The molecule has 0 unspecified atom stereocenters. The molecule has 0 saturated heterocycles. The van der Waals surface area contributed by atoms with Gasteiger partial charge in [0.05, 0.1) is 10.7 Å². The molecule has 0 aliphatic carbocycles. The van der Waals surface area contributed by atoms with Crippen LogP contribution in [0, 0.1) is 5.82 Å². The van der Waals surface area contributed by atoms with Crippen molar-refractivity contribution in [3.05, 3.63) is 34.7 Å². The summed E-state index contributed by atoms with van der Waals surface area (Å²) in [6.45, 7) is 3.96. The van der Waals surface area contributed by atoms with Gasteiger partial charge in [0.1, 0.15) is 5.82 Å². The molecule has 90 valence electrons. The summed E-state index contributed by atoms with van der Waals surface area (Å²) in [5, 5.41) is 0.0483. The zero-order valence-electron chi connectivity index (χ0n) is 9.50. The van der Waals surface area contributed by atoms with Gasteiger partial charge >= 0.3 is 0 Å². The van der Waals surface area contributed by atoms with Gasteiger partial charge < -0.3 is 10.2 Å². The molecular weight excluding hydrogens is 243 g/mol. The molecule has 0 radical (unpaired) electrons. The number of hydrogen-bond donors (Lipinski definition) is 1. The Balaban J connectivity index is 2.55. The minimum Gasteiger partial charge on any atom is -0.423 e. The average molecular weight is 255 g/mol. The smallest absolute Gasteiger partial charge is 0.292 e. The molecule has 0 amide bonds. The fourth-order valence-corrected chi connectivity index (χ4v) is 1.77. The molecule has 0 atom stereocenters. The molecule has 1 heterocycles. The first-order valence-corrected chi connectivity index (χ1v) is 5.58. The van der Waals surface area contributed by atoms with Crippen LogP contribution in [0.1, 0.15) is 25.5 Å². The van der Waals surface area contributed by atoms with Crippen molar-refractivity contribution < 1.29 is 8.81 Å². The third-order valence-corrected chi connectivity index (χ3v) is 2.69. The number of halogens is 2. The number of anilines is 1.